The van der Waals surface area contributed by atoms with Crippen molar-refractivity contribution in [2.24, 2.45) is 0 Å². The highest BCUT2D eigenvalue weighted by Gasteiger charge is 2.28. The topological polar surface area (TPSA) is 50.3 Å². The number of aromatic nitrogens is 2. The summed E-state index contributed by atoms with van der Waals surface area (Å²) in [6, 6.07) is 3.88. The Morgan fingerprint density at radius 2 is 2.21 bits per heavy atom. The number of anilines is 2. The van der Waals surface area contributed by atoms with E-state index in [1.165, 1.54) is 6.42 Å². The number of hydrogen-bond donors (Lipinski definition) is 1. The van der Waals surface area contributed by atoms with E-state index in [1.54, 1.807) is 17.5 Å². The Hall–Kier alpha value is -1.66. The molecule has 1 saturated heterocycles. The standard InChI is InChI=1S/C18H26N4OS/c1-13-12-24-17(20-13)21-16-10-14(7-8-19-16)23-15-6-5-9-22(11-15)18(2,3)4/h7-8,10,12,15H,5-6,9,11H2,1-4H3,(H,19,20,21). The predicted molar refractivity (Wildman–Crippen MR) is 99.3 cm³/mol. The second-order valence-corrected chi connectivity index (χ2v) is 8.15. The third-order valence-electron chi connectivity index (χ3n) is 4.21. The monoisotopic (exact) mass is 346 g/mol. The van der Waals surface area contributed by atoms with Crippen LogP contribution in [0.5, 0.6) is 5.75 Å². The average molecular weight is 347 g/mol. The van der Waals surface area contributed by atoms with Crippen molar-refractivity contribution < 1.29 is 4.74 Å². The highest BCUT2D eigenvalue weighted by molar-refractivity contribution is 7.13. The van der Waals surface area contributed by atoms with Gasteiger partial charge in [-0.2, -0.15) is 0 Å². The smallest absolute Gasteiger partial charge is 0.188 e. The molecule has 0 amide bonds. The number of aryl methyl sites for hydroxylation is 1. The van der Waals surface area contributed by atoms with Crippen LogP contribution in [0.4, 0.5) is 10.9 Å². The van der Waals surface area contributed by atoms with Crippen LogP contribution in [0.3, 0.4) is 0 Å². The molecule has 1 aliphatic rings. The summed E-state index contributed by atoms with van der Waals surface area (Å²) in [6.45, 7) is 10.9. The number of likely N-dealkylation sites (tertiary alicyclic amines) is 1. The van der Waals surface area contributed by atoms with E-state index >= 15 is 0 Å². The van der Waals surface area contributed by atoms with Gasteiger partial charge in [-0.3, -0.25) is 4.90 Å². The third kappa shape index (κ3) is 4.45. The lowest BCUT2D eigenvalue weighted by atomic mass is 9.99. The van der Waals surface area contributed by atoms with Gasteiger partial charge in [0.15, 0.2) is 5.13 Å². The highest BCUT2D eigenvalue weighted by atomic mass is 32.1. The lowest BCUT2D eigenvalue weighted by Crippen LogP contribution is -2.50. The Morgan fingerprint density at radius 3 is 2.92 bits per heavy atom. The molecule has 0 radical (unpaired) electrons. The Morgan fingerprint density at radius 1 is 1.38 bits per heavy atom. The van der Waals surface area contributed by atoms with E-state index in [9.17, 15) is 0 Å². The van der Waals surface area contributed by atoms with E-state index in [0.29, 0.717) is 0 Å². The SMILES string of the molecule is Cc1csc(Nc2cc(OC3CCCN(C(C)(C)C)C3)ccn2)n1. The molecule has 1 aliphatic heterocycles. The zero-order valence-electron chi connectivity index (χ0n) is 14.9. The van der Waals surface area contributed by atoms with Crippen molar-refractivity contribution in [3.63, 3.8) is 0 Å². The predicted octanol–water partition coefficient (Wildman–Crippen LogP) is 4.23. The largest absolute Gasteiger partial charge is 0.489 e. The van der Waals surface area contributed by atoms with Crippen LogP contribution in [0.1, 0.15) is 39.3 Å². The Labute approximate surface area is 148 Å². The van der Waals surface area contributed by atoms with Gasteiger partial charge in [-0.25, -0.2) is 9.97 Å². The summed E-state index contributed by atoms with van der Waals surface area (Å²) in [6.07, 6.45) is 4.29. The van der Waals surface area contributed by atoms with Gasteiger partial charge >= 0.3 is 0 Å². The zero-order valence-corrected chi connectivity index (χ0v) is 15.7. The Balaban J connectivity index is 1.64. The molecule has 3 rings (SSSR count). The summed E-state index contributed by atoms with van der Waals surface area (Å²) in [7, 11) is 0. The summed E-state index contributed by atoms with van der Waals surface area (Å²) in [4.78, 5) is 11.3. The maximum absolute atomic E-state index is 6.23. The maximum atomic E-state index is 6.23. The molecule has 6 heteroatoms. The van der Waals surface area contributed by atoms with Gasteiger partial charge in [-0.15, -0.1) is 11.3 Å². The quantitative estimate of drug-likeness (QED) is 0.898. The molecule has 5 nitrogen and oxygen atoms in total. The van der Waals surface area contributed by atoms with Crippen LogP contribution in [0.2, 0.25) is 0 Å². The molecule has 0 bridgehead atoms. The number of rotatable bonds is 4. The van der Waals surface area contributed by atoms with Crippen LogP contribution in [0, 0.1) is 6.92 Å². The molecule has 0 saturated carbocycles. The van der Waals surface area contributed by atoms with Crippen LogP contribution >= 0.6 is 11.3 Å². The van der Waals surface area contributed by atoms with Gasteiger partial charge in [0.1, 0.15) is 17.7 Å². The van der Waals surface area contributed by atoms with Gasteiger partial charge in [-0.1, -0.05) is 0 Å². The second-order valence-electron chi connectivity index (χ2n) is 7.29. The average Bonchev–Trinajstić information content (AvgIpc) is 2.92. The summed E-state index contributed by atoms with van der Waals surface area (Å²) in [5.74, 6) is 1.63. The number of nitrogens with one attached hydrogen (secondary N) is 1. The molecule has 2 aromatic rings. The first-order chi connectivity index (χ1) is 11.4. The Kier molecular flexibility index (Phi) is 5.06. The highest BCUT2D eigenvalue weighted by Crippen LogP contribution is 2.26. The fourth-order valence-electron chi connectivity index (χ4n) is 2.91. The number of nitrogens with zero attached hydrogens (tertiary/aromatic N) is 3. The summed E-state index contributed by atoms with van der Waals surface area (Å²) in [5, 5.41) is 6.12. The summed E-state index contributed by atoms with van der Waals surface area (Å²) < 4.78 is 6.23. The molecule has 3 heterocycles. The maximum Gasteiger partial charge on any atom is 0.188 e. The van der Waals surface area contributed by atoms with Gasteiger partial charge in [0, 0.05) is 29.7 Å². The molecule has 0 aliphatic carbocycles. The van der Waals surface area contributed by atoms with Crippen LogP contribution in [-0.2, 0) is 0 Å². The lowest BCUT2D eigenvalue weighted by Gasteiger charge is -2.41. The van der Waals surface area contributed by atoms with Crippen molar-refractivity contribution in [3.8, 4) is 5.75 Å². The van der Waals surface area contributed by atoms with Gasteiger partial charge in [0.25, 0.3) is 0 Å². The van der Waals surface area contributed by atoms with Crippen molar-refractivity contribution >= 4 is 22.3 Å². The van der Waals surface area contributed by atoms with Crippen molar-refractivity contribution in [1.29, 1.82) is 0 Å². The van der Waals surface area contributed by atoms with Crippen LogP contribution in [0.25, 0.3) is 0 Å². The minimum Gasteiger partial charge on any atom is -0.489 e. The fraction of sp³-hybridized carbons (Fsp3) is 0.556. The first-order valence-electron chi connectivity index (χ1n) is 8.47. The van der Waals surface area contributed by atoms with Crippen molar-refractivity contribution in [1.82, 2.24) is 14.9 Å². The van der Waals surface area contributed by atoms with Crippen LogP contribution in [-0.4, -0.2) is 39.6 Å². The first kappa shape index (κ1) is 17.2. The van der Waals surface area contributed by atoms with Crippen LogP contribution < -0.4 is 10.1 Å². The molecular weight excluding hydrogens is 320 g/mol. The number of piperidine rings is 1. The molecule has 130 valence electrons. The molecule has 1 unspecified atom stereocenters. The minimum absolute atomic E-state index is 0.190. The van der Waals surface area contributed by atoms with Gasteiger partial charge in [0.2, 0.25) is 0 Å². The molecule has 0 spiro atoms. The lowest BCUT2D eigenvalue weighted by molar-refractivity contribution is 0.0346. The zero-order chi connectivity index (χ0) is 17.2. The Bertz CT molecular complexity index is 680. The molecule has 0 aromatic carbocycles. The second kappa shape index (κ2) is 7.07. The summed E-state index contributed by atoms with van der Waals surface area (Å²) in [5.41, 5.74) is 1.20. The van der Waals surface area contributed by atoms with Gasteiger partial charge in [0.05, 0.1) is 5.69 Å². The van der Waals surface area contributed by atoms with Gasteiger partial charge < -0.3 is 10.1 Å². The van der Waals surface area contributed by atoms with E-state index in [1.807, 2.05) is 24.4 Å². The van der Waals surface area contributed by atoms with Crippen molar-refractivity contribution in [2.45, 2.75) is 52.2 Å². The van der Waals surface area contributed by atoms with E-state index in [-0.39, 0.29) is 11.6 Å². The minimum atomic E-state index is 0.190. The number of thiazole rings is 1. The first-order valence-corrected chi connectivity index (χ1v) is 9.35. The fourth-order valence-corrected chi connectivity index (χ4v) is 3.60. The molecule has 24 heavy (non-hydrogen) atoms. The van der Waals surface area contributed by atoms with Crippen molar-refractivity contribution in [3.05, 3.63) is 29.4 Å². The molecule has 1 N–H and O–H groups in total. The molecule has 2 aromatic heterocycles. The number of ether oxygens (including phenoxy) is 1. The number of hydrogen-bond acceptors (Lipinski definition) is 6. The van der Waals surface area contributed by atoms with Crippen LogP contribution in [0.15, 0.2) is 23.7 Å². The van der Waals surface area contributed by atoms with E-state index in [4.69, 9.17) is 4.74 Å². The molecule has 1 fully saturated rings. The van der Waals surface area contributed by atoms with Crippen molar-refractivity contribution in [2.75, 3.05) is 18.4 Å². The summed E-state index contributed by atoms with van der Waals surface area (Å²) >= 11 is 1.58. The number of pyridine rings is 1. The van der Waals surface area contributed by atoms with E-state index in [0.717, 1.165) is 41.9 Å². The molecular formula is C18H26N4OS. The normalized spacial score (nSPS) is 19.2. The molecule has 1 atom stereocenters. The van der Waals surface area contributed by atoms with E-state index < -0.39 is 0 Å². The van der Waals surface area contributed by atoms with Gasteiger partial charge in [-0.05, 0) is 53.1 Å². The van der Waals surface area contributed by atoms with E-state index in [2.05, 4.69) is 41.0 Å². The third-order valence-corrected chi connectivity index (χ3v) is 5.09.